The second-order valence-electron chi connectivity index (χ2n) is 3.22. The largest absolute Gasteiger partial charge is 0.325 e. The summed E-state index contributed by atoms with van der Waals surface area (Å²) in [4.78, 5) is 0. The zero-order chi connectivity index (χ0) is 8.55. The first-order valence-electron chi connectivity index (χ1n) is 4.49. The van der Waals surface area contributed by atoms with Gasteiger partial charge in [0, 0.05) is 6.54 Å². The molecule has 0 radical (unpaired) electrons. The molecular formula is C8H14N4. The Morgan fingerprint density at radius 3 is 2.83 bits per heavy atom. The summed E-state index contributed by atoms with van der Waals surface area (Å²) in [6.07, 6.45) is 3.40. The van der Waals surface area contributed by atoms with E-state index in [1.807, 2.05) is 4.68 Å². The fourth-order valence-corrected chi connectivity index (χ4v) is 1.44. The van der Waals surface area contributed by atoms with Crippen molar-refractivity contribution in [1.29, 1.82) is 0 Å². The second kappa shape index (κ2) is 2.86. The van der Waals surface area contributed by atoms with E-state index in [0.717, 1.165) is 17.8 Å². The number of hydrogen-bond donors (Lipinski definition) is 1. The van der Waals surface area contributed by atoms with Gasteiger partial charge in [-0.1, -0.05) is 12.1 Å². The van der Waals surface area contributed by atoms with Gasteiger partial charge in [0.05, 0.1) is 17.4 Å². The van der Waals surface area contributed by atoms with Crippen LogP contribution in [0.5, 0.6) is 0 Å². The molecule has 1 aromatic rings. The maximum absolute atomic E-state index is 5.64. The molecule has 0 unspecified atom stereocenters. The summed E-state index contributed by atoms with van der Waals surface area (Å²) in [6.45, 7) is 2.65. The number of aromatic nitrogens is 3. The van der Waals surface area contributed by atoms with Crippen LogP contribution in [-0.2, 0) is 13.0 Å². The van der Waals surface area contributed by atoms with E-state index in [9.17, 15) is 0 Å². The molecule has 1 fully saturated rings. The summed E-state index contributed by atoms with van der Waals surface area (Å²) in [5, 5.41) is 8.21. The SMILES string of the molecule is CCc1nnn(C2CC2)c1CN. The molecule has 2 N–H and O–H groups in total. The van der Waals surface area contributed by atoms with Crippen LogP contribution in [0.4, 0.5) is 0 Å². The molecule has 1 aliphatic carbocycles. The molecule has 1 saturated carbocycles. The van der Waals surface area contributed by atoms with Gasteiger partial charge in [-0.05, 0) is 19.3 Å². The van der Waals surface area contributed by atoms with Gasteiger partial charge in [-0.15, -0.1) is 5.10 Å². The van der Waals surface area contributed by atoms with E-state index in [1.54, 1.807) is 0 Å². The Balaban J connectivity index is 2.33. The van der Waals surface area contributed by atoms with Crippen molar-refractivity contribution >= 4 is 0 Å². The fraction of sp³-hybridized carbons (Fsp3) is 0.750. The third kappa shape index (κ3) is 1.12. The van der Waals surface area contributed by atoms with Gasteiger partial charge in [0.2, 0.25) is 0 Å². The van der Waals surface area contributed by atoms with E-state index < -0.39 is 0 Å². The lowest BCUT2D eigenvalue weighted by atomic mass is 10.2. The Hall–Kier alpha value is -0.900. The van der Waals surface area contributed by atoms with Gasteiger partial charge in [0.15, 0.2) is 0 Å². The Bertz CT molecular complexity index is 275. The lowest BCUT2D eigenvalue weighted by Crippen LogP contribution is -2.08. The van der Waals surface area contributed by atoms with Crippen LogP contribution in [0.25, 0.3) is 0 Å². The fourth-order valence-electron chi connectivity index (χ4n) is 1.44. The van der Waals surface area contributed by atoms with Gasteiger partial charge in [0.25, 0.3) is 0 Å². The molecule has 0 aromatic carbocycles. The van der Waals surface area contributed by atoms with Crippen molar-refractivity contribution < 1.29 is 0 Å². The van der Waals surface area contributed by atoms with Gasteiger partial charge < -0.3 is 5.73 Å². The molecule has 12 heavy (non-hydrogen) atoms. The molecule has 0 spiro atoms. The van der Waals surface area contributed by atoms with E-state index in [0.29, 0.717) is 12.6 Å². The predicted octanol–water partition coefficient (Wildman–Crippen LogP) is 0.634. The van der Waals surface area contributed by atoms with Crippen LogP contribution in [0.15, 0.2) is 0 Å². The third-order valence-electron chi connectivity index (χ3n) is 2.29. The topological polar surface area (TPSA) is 56.7 Å². The summed E-state index contributed by atoms with van der Waals surface area (Å²) in [7, 11) is 0. The van der Waals surface area contributed by atoms with Crippen molar-refractivity contribution in [2.75, 3.05) is 0 Å². The lowest BCUT2D eigenvalue weighted by molar-refractivity contribution is 0.583. The van der Waals surface area contributed by atoms with Gasteiger partial charge >= 0.3 is 0 Å². The zero-order valence-electron chi connectivity index (χ0n) is 7.32. The van der Waals surface area contributed by atoms with Gasteiger partial charge in [-0.3, -0.25) is 0 Å². The maximum atomic E-state index is 5.64. The molecule has 4 nitrogen and oxygen atoms in total. The quantitative estimate of drug-likeness (QED) is 0.716. The van der Waals surface area contributed by atoms with Crippen LogP contribution in [0.3, 0.4) is 0 Å². The van der Waals surface area contributed by atoms with Crippen molar-refractivity contribution in [3.8, 4) is 0 Å². The molecule has 0 atom stereocenters. The molecule has 0 amide bonds. The zero-order valence-corrected chi connectivity index (χ0v) is 7.32. The Kier molecular flexibility index (Phi) is 1.84. The minimum atomic E-state index is 0.562. The number of nitrogens with zero attached hydrogens (tertiary/aromatic N) is 3. The van der Waals surface area contributed by atoms with E-state index in [4.69, 9.17) is 5.73 Å². The predicted molar refractivity (Wildman–Crippen MR) is 45.6 cm³/mol. The van der Waals surface area contributed by atoms with Crippen LogP contribution in [0.2, 0.25) is 0 Å². The summed E-state index contributed by atoms with van der Waals surface area (Å²) >= 11 is 0. The van der Waals surface area contributed by atoms with Crippen LogP contribution in [-0.4, -0.2) is 15.0 Å². The molecular weight excluding hydrogens is 152 g/mol. The minimum Gasteiger partial charge on any atom is -0.325 e. The lowest BCUT2D eigenvalue weighted by Gasteiger charge is -2.01. The van der Waals surface area contributed by atoms with Gasteiger partial charge in [0.1, 0.15) is 0 Å². The first kappa shape index (κ1) is 7.73. The van der Waals surface area contributed by atoms with Crippen LogP contribution in [0, 0.1) is 0 Å². The highest BCUT2D eigenvalue weighted by molar-refractivity contribution is 5.11. The summed E-state index contributed by atoms with van der Waals surface area (Å²) in [5.74, 6) is 0. The highest BCUT2D eigenvalue weighted by atomic mass is 15.5. The molecule has 0 aliphatic heterocycles. The highest BCUT2D eigenvalue weighted by Crippen LogP contribution is 2.35. The first-order valence-corrected chi connectivity index (χ1v) is 4.49. The number of nitrogens with two attached hydrogens (primary N) is 1. The monoisotopic (exact) mass is 166 g/mol. The highest BCUT2D eigenvalue weighted by Gasteiger charge is 2.27. The van der Waals surface area contributed by atoms with E-state index in [-0.39, 0.29) is 0 Å². The van der Waals surface area contributed by atoms with Crippen molar-refractivity contribution in [1.82, 2.24) is 15.0 Å². The number of rotatable bonds is 3. The normalized spacial score (nSPS) is 16.8. The molecule has 66 valence electrons. The molecule has 1 aromatic heterocycles. The molecule has 1 aliphatic rings. The first-order chi connectivity index (χ1) is 5.86. The number of aryl methyl sites for hydroxylation is 1. The Morgan fingerprint density at radius 1 is 1.58 bits per heavy atom. The van der Waals surface area contributed by atoms with Crippen LogP contribution in [0.1, 0.15) is 37.2 Å². The maximum Gasteiger partial charge on any atom is 0.0869 e. The average molecular weight is 166 g/mol. The molecule has 2 rings (SSSR count). The summed E-state index contributed by atoms with van der Waals surface area (Å²) < 4.78 is 2.00. The smallest absolute Gasteiger partial charge is 0.0869 e. The number of hydrogen-bond acceptors (Lipinski definition) is 3. The minimum absolute atomic E-state index is 0.562. The van der Waals surface area contributed by atoms with Crippen molar-refractivity contribution in [3.63, 3.8) is 0 Å². The molecule has 0 saturated heterocycles. The van der Waals surface area contributed by atoms with Crippen molar-refractivity contribution in [2.24, 2.45) is 5.73 Å². The molecule has 4 heteroatoms. The van der Waals surface area contributed by atoms with E-state index >= 15 is 0 Å². The second-order valence-corrected chi connectivity index (χ2v) is 3.22. The summed E-state index contributed by atoms with van der Waals surface area (Å²) in [5.41, 5.74) is 7.82. The Labute approximate surface area is 71.8 Å². The van der Waals surface area contributed by atoms with Gasteiger partial charge in [-0.25, -0.2) is 4.68 Å². The van der Waals surface area contributed by atoms with E-state index in [1.165, 1.54) is 12.8 Å². The van der Waals surface area contributed by atoms with Crippen LogP contribution < -0.4 is 5.73 Å². The van der Waals surface area contributed by atoms with E-state index in [2.05, 4.69) is 17.2 Å². The molecule has 1 heterocycles. The standard InChI is InChI=1S/C8H14N4/c1-2-7-8(5-9)12(11-10-7)6-3-4-6/h6H,2-5,9H2,1H3. The average Bonchev–Trinajstić information content (AvgIpc) is 2.85. The summed E-state index contributed by atoms with van der Waals surface area (Å²) in [6, 6.07) is 0.594. The van der Waals surface area contributed by atoms with Crippen molar-refractivity contribution in [3.05, 3.63) is 11.4 Å². The third-order valence-corrected chi connectivity index (χ3v) is 2.29. The van der Waals surface area contributed by atoms with Crippen LogP contribution >= 0.6 is 0 Å². The Morgan fingerprint density at radius 2 is 2.33 bits per heavy atom. The van der Waals surface area contributed by atoms with Gasteiger partial charge in [-0.2, -0.15) is 0 Å². The van der Waals surface area contributed by atoms with Crippen molar-refractivity contribution in [2.45, 2.75) is 38.8 Å². The molecule has 0 bridgehead atoms.